The number of likely N-dealkylation sites (N-methyl/N-ethyl adjacent to an activating group) is 1. The van der Waals surface area contributed by atoms with E-state index in [0.29, 0.717) is 18.1 Å². The first-order valence-corrected chi connectivity index (χ1v) is 6.48. The summed E-state index contributed by atoms with van der Waals surface area (Å²) in [5, 5.41) is 2.92. The monoisotopic (exact) mass is 234 g/mol. The van der Waals surface area contributed by atoms with Gasteiger partial charge in [0.1, 0.15) is 6.04 Å². The molecule has 0 aliphatic carbocycles. The van der Waals surface area contributed by atoms with Gasteiger partial charge in [0.2, 0.25) is 0 Å². The number of nitrogens with one attached hydrogen (secondary N) is 1. The highest BCUT2D eigenvalue weighted by Crippen LogP contribution is 2.01. The highest BCUT2D eigenvalue weighted by Gasteiger charge is 2.23. The van der Waals surface area contributed by atoms with Crippen LogP contribution in [0.5, 0.6) is 0 Å². The summed E-state index contributed by atoms with van der Waals surface area (Å²) in [6.07, 6.45) is 0. The quantitative estimate of drug-likeness (QED) is 0.620. The summed E-state index contributed by atoms with van der Waals surface area (Å²) in [6, 6.07) is -0.290. The average molecular weight is 234 g/mol. The zero-order valence-electron chi connectivity index (χ0n) is 9.19. The first-order chi connectivity index (χ1) is 7.17. The molecule has 0 aromatic heterocycles. The number of carbonyl (C=O) groups is 1. The second-order valence-electron chi connectivity index (χ2n) is 3.51. The van der Waals surface area contributed by atoms with Gasteiger partial charge in [-0.05, 0) is 7.05 Å². The van der Waals surface area contributed by atoms with Gasteiger partial charge in [0, 0.05) is 41.9 Å². The Morgan fingerprint density at radius 3 is 2.60 bits per heavy atom. The maximum Gasteiger partial charge on any atom is 0.324 e. The fourth-order valence-corrected chi connectivity index (χ4v) is 2.67. The van der Waals surface area contributed by atoms with Crippen LogP contribution in [-0.4, -0.2) is 66.4 Å². The van der Waals surface area contributed by atoms with Crippen molar-refractivity contribution in [3.8, 4) is 0 Å². The summed E-state index contributed by atoms with van der Waals surface area (Å²) >= 11 is 0. The molecule has 0 saturated carbocycles. The predicted molar refractivity (Wildman–Crippen MR) is 59.2 cm³/mol. The van der Waals surface area contributed by atoms with Gasteiger partial charge < -0.3 is 10.1 Å². The van der Waals surface area contributed by atoms with Crippen LogP contribution in [0.2, 0.25) is 0 Å². The number of hydrogen-bond acceptors (Lipinski definition) is 5. The molecule has 1 aliphatic rings. The van der Waals surface area contributed by atoms with Gasteiger partial charge in [0.05, 0.1) is 7.11 Å². The third-order valence-electron chi connectivity index (χ3n) is 2.55. The fraction of sp³-hybridized carbons (Fsp3) is 0.889. The largest absolute Gasteiger partial charge is 0.468 e. The van der Waals surface area contributed by atoms with Crippen molar-refractivity contribution in [1.29, 1.82) is 0 Å². The molecule has 1 fully saturated rings. The molecular weight excluding hydrogens is 216 g/mol. The van der Waals surface area contributed by atoms with Crippen molar-refractivity contribution in [3.05, 3.63) is 0 Å². The predicted octanol–water partition coefficient (Wildman–Crippen LogP) is -1.19. The van der Waals surface area contributed by atoms with Crippen molar-refractivity contribution < 1.29 is 13.7 Å². The van der Waals surface area contributed by atoms with E-state index in [4.69, 9.17) is 0 Å². The molecule has 0 spiro atoms. The lowest BCUT2D eigenvalue weighted by Gasteiger charge is -2.28. The summed E-state index contributed by atoms with van der Waals surface area (Å²) in [5.41, 5.74) is 0. The highest BCUT2D eigenvalue weighted by molar-refractivity contribution is 7.85. The number of ether oxygens (including phenoxy) is 1. The molecule has 1 N–H and O–H groups in total. The second-order valence-corrected chi connectivity index (χ2v) is 5.21. The first-order valence-electron chi connectivity index (χ1n) is 4.99. The number of carbonyl (C=O) groups excluding carboxylic acids is 1. The normalized spacial score (nSPS) is 21.2. The maximum atomic E-state index is 11.3. The van der Waals surface area contributed by atoms with Crippen molar-refractivity contribution in [1.82, 2.24) is 10.2 Å². The molecule has 0 bridgehead atoms. The van der Waals surface area contributed by atoms with E-state index in [0.717, 1.165) is 13.1 Å². The first kappa shape index (κ1) is 12.6. The Labute approximate surface area is 92.6 Å². The van der Waals surface area contributed by atoms with Crippen molar-refractivity contribution >= 4 is 16.8 Å². The van der Waals surface area contributed by atoms with E-state index in [1.807, 2.05) is 0 Å². The van der Waals surface area contributed by atoms with E-state index in [1.54, 1.807) is 7.05 Å². The van der Waals surface area contributed by atoms with Gasteiger partial charge in [0.25, 0.3) is 0 Å². The Morgan fingerprint density at radius 1 is 1.53 bits per heavy atom. The maximum absolute atomic E-state index is 11.3. The van der Waals surface area contributed by atoms with Crippen LogP contribution in [0, 0.1) is 0 Å². The summed E-state index contributed by atoms with van der Waals surface area (Å²) in [6.45, 7) is 2.21. The van der Waals surface area contributed by atoms with Crippen molar-refractivity contribution in [3.63, 3.8) is 0 Å². The number of esters is 1. The second kappa shape index (κ2) is 6.19. The molecule has 1 unspecified atom stereocenters. The summed E-state index contributed by atoms with van der Waals surface area (Å²) in [5.74, 6) is 1.17. The molecule has 1 atom stereocenters. The number of rotatable bonds is 4. The zero-order chi connectivity index (χ0) is 11.3. The molecule has 0 aromatic rings. The third-order valence-corrected chi connectivity index (χ3v) is 3.82. The number of methoxy groups -OCH3 is 1. The summed E-state index contributed by atoms with van der Waals surface area (Å²) in [4.78, 5) is 13.4. The average Bonchev–Trinajstić information content (AvgIpc) is 2.27. The van der Waals surface area contributed by atoms with Gasteiger partial charge in [-0.1, -0.05) is 0 Å². The van der Waals surface area contributed by atoms with Gasteiger partial charge in [-0.15, -0.1) is 0 Å². The molecule has 0 radical (unpaired) electrons. The Kier molecular flexibility index (Phi) is 5.21. The van der Waals surface area contributed by atoms with Crippen LogP contribution < -0.4 is 5.32 Å². The minimum absolute atomic E-state index is 0.246. The topological polar surface area (TPSA) is 58.6 Å². The van der Waals surface area contributed by atoms with Crippen molar-refractivity contribution in [2.45, 2.75) is 6.04 Å². The molecule has 1 heterocycles. The van der Waals surface area contributed by atoms with E-state index >= 15 is 0 Å². The van der Waals surface area contributed by atoms with Crippen LogP contribution in [0.3, 0.4) is 0 Å². The van der Waals surface area contributed by atoms with E-state index in [1.165, 1.54) is 7.11 Å². The van der Waals surface area contributed by atoms with Crippen molar-refractivity contribution in [2.24, 2.45) is 0 Å². The fourth-order valence-electron chi connectivity index (χ4n) is 1.54. The molecule has 88 valence electrons. The minimum atomic E-state index is -0.668. The van der Waals surface area contributed by atoms with Crippen molar-refractivity contribution in [2.75, 3.05) is 45.3 Å². The molecular formula is C9H18N2O3S. The number of hydrogen-bond donors (Lipinski definition) is 1. The lowest BCUT2D eigenvalue weighted by atomic mass is 10.2. The Morgan fingerprint density at radius 2 is 2.13 bits per heavy atom. The van der Waals surface area contributed by atoms with E-state index < -0.39 is 10.8 Å². The molecule has 6 heteroatoms. The third kappa shape index (κ3) is 3.89. The van der Waals surface area contributed by atoms with E-state index in [9.17, 15) is 9.00 Å². The standard InChI is InChI=1S/C9H18N2O3S/c1-10-8(9(12)14-2)7-11-3-5-15(13)6-4-11/h8,10H,3-7H2,1-2H3. The van der Waals surface area contributed by atoms with Crippen LogP contribution in [0.15, 0.2) is 0 Å². The lowest BCUT2D eigenvalue weighted by Crippen LogP contribution is -2.49. The summed E-state index contributed by atoms with van der Waals surface area (Å²) in [7, 11) is 2.46. The molecule has 15 heavy (non-hydrogen) atoms. The SMILES string of the molecule is CNC(CN1CCS(=O)CC1)C(=O)OC. The van der Waals surface area contributed by atoms with Gasteiger partial charge >= 0.3 is 5.97 Å². The Bertz CT molecular complexity index is 238. The van der Waals surface area contributed by atoms with Gasteiger partial charge in [-0.25, -0.2) is 0 Å². The lowest BCUT2D eigenvalue weighted by molar-refractivity contribution is -0.143. The Balaban J connectivity index is 2.38. The smallest absolute Gasteiger partial charge is 0.324 e. The van der Waals surface area contributed by atoms with Crippen LogP contribution in [0.25, 0.3) is 0 Å². The minimum Gasteiger partial charge on any atom is -0.468 e. The zero-order valence-corrected chi connectivity index (χ0v) is 10.0. The van der Waals surface area contributed by atoms with Crippen LogP contribution >= 0.6 is 0 Å². The van der Waals surface area contributed by atoms with Gasteiger partial charge in [-0.2, -0.15) is 0 Å². The van der Waals surface area contributed by atoms with E-state index in [2.05, 4.69) is 15.0 Å². The summed E-state index contributed by atoms with van der Waals surface area (Å²) < 4.78 is 15.8. The molecule has 0 amide bonds. The molecule has 1 saturated heterocycles. The highest BCUT2D eigenvalue weighted by atomic mass is 32.2. The van der Waals surface area contributed by atoms with Gasteiger partial charge in [-0.3, -0.25) is 13.9 Å². The van der Waals surface area contributed by atoms with Gasteiger partial charge in [0.15, 0.2) is 0 Å². The Hall–Kier alpha value is -0.460. The van der Waals surface area contributed by atoms with Crippen LogP contribution in [0.1, 0.15) is 0 Å². The molecule has 1 rings (SSSR count). The van der Waals surface area contributed by atoms with E-state index in [-0.39, 0.29) is 12.0 Å². The van der Waals surface area contributed by atoms with Crippen LogP contribution in [0.4, 0.5) is 0 Å². The molecule has 5 nitrogen and oxygen atoms in total. The number of nitrogens with zero attached hydrogens (tertiary/aromatic N) is 1. The molecule has 1 aliphatic heterocycles. The molecule has 0 aromatic carbocycles. The van der Waals surface area contributed by atoms with Crippen LogP contribution in [-0.2, 0) is 20.3 Å².